The molecule has 0 aliphatic carbocycles. The van der Waals surface area contributed by atoms with E-state index < -0.39 is 5.97 Å². The topological polar surface area (TPSA) is 76.1 Å². The minimum atomic E-state index is -1.02. The summed E-state index contributed by atoms with van der Waals surface area (Å²) >= 11 is 1.46. The minimum absolute atomic E-state index is 0.0176. The zero-order valence-electron chi connectivity index (χ0n) is 14.7. The van der Waals surface area contributed by atoms with E-state index in [9.17, 15) is 9.59 Å². The number of carboxylic acids is 1. The van der Waals surface area contributed by atoms with Crippen molar-refractivity contribution in [1.82, 2.24) is 4.90 Å². The second kappa shape index (κ2) is 9.72. The summed E-state index contributed by atoms with van der Waals surface area (Å²) in [5.41, 5.74) is 0.940. The molecule has 0 unspecified atom stereocenters. The number of hydrogen-bond donors (Lipinski definition) is 1. The third-order valence-corrected chi connectivity index (χ3v) is 4.51. The van der Waals surface area contributed by atoms with Crippen molar-refractivity contribution in [3.8, 4) is 11.5 Å². The zero-order valence-corrected chi connectivity index (χ0v) is 15.5. The summed E-state index contributed by atoms with van der Waals surface area (Å²) < 4.78 is 10.3. The summed E-state index contributed by atoms with van der Waals surface area (Å²) in [6, 6.07) is 14.6. The number of ether oxygens (including phenoxy) is 2. The summed E-state index contributed by atoms with van der Waals surface area (Å²) in [5, 5.41) is 8.59. The fraction of sp³-hybridized carbons (Fsp3) is 0.263. The number of carbonyl (C=O) groups excluding carboxylic acids is 1. The van der Waals surface area contributed by atoms with E-state index in [2.05, 4.69) is 0 Å². The Kier molecular flexibility index (Phi) is 7.35. The van der Waals surface area contributed by atoms with Crippen LogP contribution in [-0.4, -0.2) is 48.4 Å². The summed E-state index contributed by atoms with van der Waals surface area (Å²) in [6.07, 6.45) is 0. The Morgan fingerprint density at radius 3 is 2.50 bits per heavy atom. The monoisotopic (exact) mass is 375 g/mol. The van der Waals surface area contributed by atoms with E-state index in [1.807, 2.05) is 36.4 Å². The van der Waals surface area contributed by atoms with Crippen LogP contribution in [0.1, 0.15) is 5.56 Å². The van der Waals surface area contributed by atoms with E-state index >= 15 is 0 Å². The SMILES string of the molecule is COc1cccc(SCC(=O)N(C)Cc2ccc(OCC(=O)O)cc2)c1. The van der Waals surface area contributed by atoms with Crippen molar-refractivity contribution in [1.29, 1.82) is 0 Å². The number of carboxylic acid groups (broad SMARTS) is 1. The van der Waals surface area contributed by atoms with Crippen LogP contribution in [-0.2, 0) is 16.1 Å². The molecule has 7 heteroatoms. The molecule has 2 aromatic rings. The molecule has 0 heterocycles. The highest BCUT2D eigenvalue weighted by molar-refractivity contribution is 8.00. The molecule has 0 radical (unpaired) electrons. The van der Waals surface area contributed by atoms with Crippen LogP contribution in [0.4, 0.5) is 0 Å². The molecule has 26 heavy (non-hydrogen) atoms. The molecule has 0 aliphatic rings. The number of benzene rings is 2. The first-order valence-electron chi connectivity index (χ1n) is 7.92. The van der Waals surface area contributed by atoms with E-state index in [1.165, 1.54) is 11.8 Å². The Balaban J connectivity index is 1.83. The molecular formula is C19H21NO5S. The lowest BCUT2D eigenvalue weighted by atomic mass is 10.2. The Bertz CT molecular complexity index is 748. The van der Waals surface area contributed by atoms with Gasteiger partial charge in [0.2, 0.25) is 5.91 Å². The molecule has 0 saturated heterocycles. The average Bonchev–Trinajstić information content (AvgIpc) is 2.65. The first-order valence-corrected chi connectivity index (χ1v) is 8.91. The molecule has 0 atom stereocenters. The molecule has 1 amide bonds. The molecule has 0 aromatic heterocycles. The highest BCUT2D eigenvalue weighted by atomic mass is 32.2. The van der Waals surface area contributed by atoms with Crippen molar-refractivity contribution in [2.45, 2.75) is 11.4 Å². The van der Waals surface area contributed by atoms with E-state index in [1.54, 1.807) is 31.2 Å². The summed E-state index contributed by atoms with van der Waals surface area (Å²) in [4.78, 5) is 25.4. The molecule has 2 aromatic carbocycles. The van der Waals surface area contributed by atoms with E-state index in [-0.39, 0.29) is 12.5 Å². The largest absolute Gasteiger partial charge is 0.497 e. The van der Waals surface area contributed by atoms with Crippen molar-refractivity contribution < 1.29 is 24.2 Å². The van der Waals surface area contributed by atoms with Gasteiger partial charge in [-0.15, -0.1) is 11.8 Å². The smallest absolute Gasteiger partial charge is 0.341 e. The second-order valence-electron chi connectivity index (χ2n) is 5.54. The average molecular weight is 375 g/mol. The molecule has 0 spiro atoms. The summed E-state index contributed by atoms with van der Waals surface area (Å²) in [5.74, 6) is 0.584. The van der Waals surface area contributed by atoms with Crippen molar-refractivity contribution in [3.63, 3.8) is 0 Å². The molecule has 1 N–H and O–H groups in total. The lowest BCUT2D eigenvalue weighted by Crippen LogP contribution is -2.27. The van der Waals surface area contributed by atoms with Gasteiger partial charge in [0.25, 0.3) is 0 Å². The first kappa shape index (κ1) is 19.7. The van der Waals surface area contributed by atoms with Crippen LogP contribution in [0.3, 0.4) is 0 Å². The van der Waals surface area contributed by atoms with Crippen molar-refractivity contribution in [2.24, 2.45) is 0 Å². The van der Waals surface area contributed by atoms with Gasteiger partial charge in [-0.05, 0) is 35.9 Å². The number of amides is 1. The van der Waals surface area contributed by atoms with Crippen LogP contribution in [0.2, 0.25) is 0 Å². The van der Waals surface area contributed by atoms with Gasteiger partial charge in [-0.3, -0.25) is 4.79 Å². The van der Waals surface area contributed by atoms with Gasteiger partial charge in [0, 0.05) is 18.5 Å². The molecule has 0 fully saturated rings. The van der Waals surface area contributed by atoms with Crippen molar-refractivity contribution in [2.75, 3.05) is 26.5 Å². The number of rotatable bonds is 9. The standard InChI is InChI=1S/C19H21NO5S/c1-20(11-14-6-8-15(9-7-14)25-12-19(22)23)18(21)13-26-17-5-3-4-16(10-17)24-2/h3-10H,11-13H2,1-2H3,(H,22,23). The summed E-state index contributed by atoms with van der Waals surface area (Å²) in [6.45, 7) is 0.0932. The second-order valence-corrected chi connectivity index (χ2v) is 6.59. The molecular weight excluding hydrogens is 354 g/mol. The molecule has 0 bridgehead atoms. The lowest BCUT2D eigenvalue weighted by molar-refractivity contribution is -0.139. The van der Waals surface area contributed by atoms with Crippen LogP contribution >= 0.6 is 11.8 Å². The third kappa shape index (κ3) is 6.33. The first-order chi connectivity index (χ1) is 12.5. The fourth-order valence-electron chi connectivity index (χ4n) is 2.14. The zero-order chi connectivity index (χ0) is 18.9. The summed E-state index contributed by atoms with van der Waals surface area (Å²) in [7, 11) is 3.37. The van der Waals surface area contributed by atoms with Gasteiger partial charge in [0.15, 0.2) is 6.61 Å². The number of methoxy groups -OCH3 is 1. The van der Waals surface area contributed by atoms with Crippen LogP contribution in [0, 0.1) is 0 Å². The number of carbonyl (C=O) groups is 2. The highest BCUT2D eigenvalue weighted by Crippen LogP contribution is 2.23. The van der Waals surface area contributed by atoms with Crippen LogP contribution < -0.4 is 9.47 Å². The van der Waals surface area contributed by atoms with Gasteiger partial charge in [0.1, 0.15) is 11.5 Å². The van der Waals surface area contributed by atoms with Crippen LogP contribution in [0.25, 0.3) is 0 Å². The normalized spacial score (nSPS) is 10.2. The van der Waals surface area contributed by atoms with E-state index in [0.29, 0.717) is 18.0 Å². The van der Waals surface area contributed by atoms with Gasteiger partial charge in [0.05, 0.1) is 12.9 Å². The molecule has 6 nitrogen and oxygen atoms in total. The molecule has 2 rings (SSSR count). The molecule has 0 saturated carbocycles. The molecule has 138 valence electrons. The van der Waals surface area contributed by atoms with Gasteiger partial charge in [-0.2, -0.15) is 0 Å². The van der Waals surface area contributed by atoms with Gasteiger partial charge < -0.3 is 19.5 Å². The Labute approximate surface area is 156 Å². The Morgan fingerprint density at radius 2 is 1.85 bits per heavy atom. The third-order valence-electron chi connectivity index (χ3n) is 3.53. The van der Waals surface area contributed by atoms with E-state index in [4.69, 9.17) is 14.6 Å². The maximum Gasteiger partial charge on any atom is 0.341 e. The van der Waals surface area contributed by atoms with E-state index in [0.717, 1.165) is 16.2 Å². The minimum Gasteiger partial charge on any atom is -0.497 e. The Hall–Kier alpha value is -2.67. The number of thioether (sulfide) groups is 1. The quantitative estimate of drug-likeness (QED) is 0.679. The predicted molar refractivity (Wildman–Crippen MR) is 99.8 cm³/mol. The number of nitrogens with zero attached hydrogens (tertiary/aromatic N) is 1. The highest BCUT2D eigenvalue weighted by Gasteiger charge is 2.10. The maximum absolute atomic E-state index is 12.3. The van der Waals surface area contributed by atoms with Crippen LogP contribution in [0.5, 0.6) is 11.5 Å². The van der Waals surface area contributed by atoms with Crippen molar-refractivity contribution in [3.05, 3.63) is 54.1 Å². The fourth-order valence-corrected chi connectivity index (χ4v) is 3.03. The van der Waals surface area contributed by atoms with Crippen LogP contribution in [0.15, 0.2) is 53.4 Å². The van der Waals surface area contributed by atoms with Gasteiger partial charge in [-0.25, -0.2) is 4.79 Å². The van der Waals surface area contributed by atoms with Gasteiger partial charge in [-0.1, -0.05) is 18.2 Å². The lowest BCUT2D eigenvalue weighted by Gasteiger charge is -2.17. The number of aliphatic carboxylic acids is 1. The molecule has 0 aliphatic heterocycles. The Morgan fingerprint density at radius 1 is 1.12 bits per heavy atom. The van der Waals surface area contributed by atoms with Crippen molar-refractivity contribution >= 4 is 23.6 Å². The predicted octanol–water partition coefficient (Wildman–Crippen LogP) is 2.91. The van der Waals surface area contributed by atoms with Gasteiger partial charge >= 0.3 is 5.97 Å². The maximum atomic E-state index is 12.3. The number of hydrogen-bond acceptors (Lipinski definition) is 5.